The normalized spacial score (nSPS) is 12.1. The van der Waals surface area contributed by atoms with Crippen molar-refractivity contribution in [1.82, 2.24) is 35.8 Å². The maximum atomic E-state index is 12.7. The number of fused-ring (bicyclic) bond motifs is 2. The number of nitrogens with zero attached hydrogens (tertiary/aromatic N) is 5. The van der Waals surface area contributed by atoms with Crippen LogP contribution in [0.3, 0.4) is 0 Å². The Bertz CT molecular complexity index is 1910. The molecule has 0 saturated heterocycles. The minimum absolute atomic E-state index is 0.131. The molecule has 1 atom stereocenters. The van der Waals surface area contributed by atoms with Gasteiger partial charge in [0.25, 0.3) is 5.91 Å². The van der Waals surface area contributed by atoms with E-state index in [9.17, 15) is 14.4 Å². The molecular formula is C32H32ClN7O6. The lowest BCUT2D eigenvalue weighted by Crippen LogP contribution is -2.42. The lowest BCUT2D eigenvalue weighted by atomic mass is 10.1. The Kier molecular flexibility index (Phi) is 9.73. The minimum Gasteiger partial charge on any atom is -0.462 e. The summed E-state index contributed by atoms with van der Waals surface area (Å²) in [6.45, 7) is 6.77. The van der Waals surface area contributed by atoms with Gasteiger partial charge < -0.3 is 14.8 Å². The number of rotatable bonds is 10. The summed E-state index contributed by atoms with van der Waals surface area (Å²) in [7, 11) is 0. The summed E-state index contributed by atoms with van der Waals surface area (Å²) in [4.78, 5) is 50.8. The summed E-state index contributed by atoms with van der Waals surface area (Å²) in [6, 6.07) is 17.6. The van der Waals surface area contributed by atoms with E-state index in [4.69, 9.17) is 30.9 Å². The van der Waals surface area contributed by atoms with E-state index in [1.807, 2.05) is 36.4 Å². The van der Waals surface area contributed by atoms with Crippen molar-refractivity contribution in [1.29, 1.82) is 0 Å². The molecule has 2 amide bonds. The van der Waals surface area contributed by atoms with Crippen LogP contribution in [0.15, 0.2) is 66.9 Å². The van der Waals surface area contributed by atoms with Crippen LogP contribution in [0.4, 0.5) is 4.79 Å². The van der Waals surface area contributed by atoms with Gasteiger partial charge in [-0.25, -0.2) is 24.7 Å². The lowest BCUT2D eigenvalue weighted by Gasteiger charge is -2.21. The molecule has 0 bridgehead atoms. The Hall–Kier alpha value is -5.14. The summed E-state index contributed by atoms with van der Waals surface area (Å²) in [6.07, 6.45) is 1.02. The zero-order valence-electron chi connectivity index (χ0n) is 25.6. The molecule has 0 radical (unpaired) electrons. The van der Waals surface area contributed by atoms with Crippen molar-refractivity contribution >= 4 is 51.6 Å². The van der Waals surface area contributed by atoms with Gasteiger partial charge in [-0.05, 0) is 75.7 Å². The molecule has 46 heavy (non-hydrogen) atoms. The number of carbonyl (C=O) groups is 3. The number of benzene rings is 2. The van der Waals surface area contributed by atoms with Gasteiger partial charge in [0, 0.05) is 17.1 Å². The number of hydrogen-bond donors (Lipinski definition) is 2. The number of halogens is 1. The first-order valence-electron chi connectivity index (χ1n) is 14.4. The second-order valence-electron chi connectivity index (χ2n) is 11.3. The molecule has 5 rings (SSSR count). The van der Waals surface area contributed by atoms with Crippen molar-refractivity contribution in [3.8, 4) is 11.3 Å². The van der Waals surface area contributed by atoms with Crippen molar-refractivity contribution in [3.63, 3.8) is 0 Å². The van der Waals surface area contributed by atoms with Crippen molar-refractivity contribution in [2.24, 2.45) is 0 Å². The fraction of sp³-hybridized carbons (Fsp3) is 0.281. The number of carbonyl (C=O) groups excluding carboxylic acids is 3. The first-order valence-corrected chi connectivity index (χ1v) is 14.8. The van der Waals surface area contributed by atoms with Crippen molar-refractivity contribution < 1.29 is 28.7 Å². The summed E-state index contributed by atoms with van der Waals surface area (Å²) in [5.74, 6) is -1.27. The van der Waals surface area contributed by atoms with Crippen LogP contribution in [0, 0.1) is 0 Å². The first kappa shape index (κ1) is 32.3. The maximum Gasteiger partial charge on any atom is 0.408 e. The molecular weight excluding hydrogens is 614 g/mol. The highest BCUT2D eigenvalue weighted by molar-refractivity contribution is 6.34. The molecule has 3 heterocycles. The molecule has 238 valence electrons. The summed E-state index contributed by atoms with van der Waals surface area (Å²) < 4.78 is 11.9. The van der Waals surface area contributed by atoms with E-state index in [0.29, 0.717) is 29.0 Å². The number of hydrogen-bond acceptors (Lipinski definition) is 10. The van der Waals surface area contributed by atoms with E-state index < -0.39 is 29.6 Å². The van der Waals surface area contributed by atoms with E-state index in [1.165, 1.54) is 6.92 Å². The second-order valence-corrected chi connectivity index (χ2v) is 11.7. The average Bonchev–Trinajstić information content (AvgIpc) is 3.41. The van der Waals surface area contributed by atoms with Crippen LogP contribution in [0.5, 0.6) is 0 Å². The number of amides is 2. The first-order chi connectivity index (χ1) is 22.0. The van der Waals surface area contributed by atoms with Gasteiger partial charge >= 0.3 is 12.1 Å². The number of aromatic nitrogens is 5. The molecule has 14 heteroatoms. The molecule has 2 aromatic carbocycles. The molecule has 0 fully saturated rings. The third-order valence-corrected chi connectivity index (χ3v) is 6.86. The fourth-order valence-corrected chi connectivity index (χ4v) is 4.67. The van der Waals surface area contributed by atoms with Gasteiger partial charge in [-0.15, -0.1) is 5.10 Å². The maximum absolute atomic E-state index is 12.7. The predicted octanol–water partition coefficient (Wildman–Crippen LogP) is 4.86. The largest absolute Gasteiger partial charge is 0.462 e. The standard InChI is InChI=1S/C32H32ClN7O6/c1-19(35-31(43)46-32(2,3)4)30(42)44-14-15-45-38-29(41)23-9-8-22(17-24(23)33)26-11-12-27-28(36-26)40(39-37-27)18-20-7-10-25-21(16-20)6-5-13-34-25/h5-13,16-17,19H,14-15,18H2,1-4H3,(H,35,43)(H,38,41). The third-order valence-electron chi connectivity index (χ3n) is 6.55. The van der Waals surface area contributed by atoms with Gasteiger partial charge in [0.1, 0.15) is 30.4 Å². The van der Waals surface area contributed by atoms with Gasteiger partial charge in [-0.2, -0.15) is 0 Å². The number of pyridine rings is 2. The van der Waals surface area contributed by atoms with E-state index >= 15 is 0 Å². The van der Waals surface area contributed by atoms with Crippen molar-refractivity contribution in [3.05, 3.63) is 83.0 Å². The van der Waals surface area contributed by atoms with E-state index in [2.05, 4.69) is 32.2 Å². The van der Waals surface area contributed by atoms with Gasteiger partial charge in [0.05, 0.1) is 28.3 Å². The van der Waals surface area contributed by atoms with E-state index in [0.717, 1.165) is 16.5 Å². The highest BCUT2D eigenvalue weighted by Crippen LogP contribution is 2.26. The van der Waals surface area contributed by atoms with Crippen molar-refractivity contribution in [2.75, 3.05) is 13.2 Å². The Balaban J connectivity index is 1.15. The van der Waals surface area contributed by atoms with Crippen LogP contribution in [-0.4, -0.2) is 67.8 Å². The number of alkyl carbamates (subject to hydrolysis) is 1. The molecule has 2 N–H and O–H groups in total. The number of nitrogens with one attached hydrogen (secondary N) is 2. The quantitative estimate of drug-likeness (QED) is 0.122. The Labute approximate surface area is 269 Å². The topological polar surface area (TPSA) is 159 Å². The van der Waals surface area contributed by atoms with Gasteiger partial charge in [0.2, 0.25) is 0 Å². The molecule has 3 aromatic heterocycles. The average molecular weight is 646 g/mol. The molecule has 0 aliphatic carbocycles. The highest BCUT2D eigenvalue weighted by atomic mass is 35.5. The molecule has 0 saturated carbocycles. The van der Waals surface area contributed by atoms with Crippen LogP contribution in [0.1, 0.15) is 43.6 Å². The van der Waals surface area contributed by atoms with Gasteiger partial charge in [-0.1, -0.05) is 35.0 Å². The monoisotopic (exact) mass is 645 g/mol. The highest BCUT2D eigenvalue weighted by Gasteiger charge is 2.22. The zero-order chi connectivity index (χ0) is 32.8. The van der Waals surface area contributed by atoms with Crippen LogP contribution in [0.25, 0.3) is 33.3 Å². The molecule has 0 aliphatic heterocycles. The van der Waals surface area contributed by atoms with E-state index in [-0.39, 0.29) is 23.8 Å². The Morgan fingerprint density at radius 2 is 1.80 bits per heavy atom. The lowest BCUT2D eigenvalue weighted by molar-refractivity contribution is -0.147. The van der Waals surface area contributed by atoms with Gasteiger partial charge in [-0.3, -0.25) is 14.6 Å². The molecule has 13 nitrogen and oxygen atoms in total. The van der Waals surface area contributed by atoms with Crippen LogP contribution < -0.4 is 10.8 Å². The SMILES string of the molecule is CC(NC(=O)OC(C)(C)C)C(=O)OCCONC(=O)c1ccc(-c2ccc3nnn(Cc4ccc5ncccc5c4)c3n2)cc1Cl. The van der Waals surface area contributed by atoms with Crippen LogP contribution in [-0.2, 0) is 25.7 Å². The Morgan fingerprint density at radius 3 is 2.59 bits per heavy atom. The van der Waals surface area contributed by atoms with Crippen LogP contribution >= 0.6 is 11.6 Å². The summed E-state index contributed by atoms with van der Waals surface area (Å²) in [5.41, 5.74) is 6.26. The van der Waals surface area contributed by atoms with Crippen molar-refractivity contribution in [2.45, 2.75) is 45.9 Å². The van der Waals surface area contributed by atoms with Crippen LogP contribution in [0.2, 0.25) is 5.02 Å². The predicted molar refractivity (Wildman–Crippen MR) is 170 cm³/mol. The molecule has 1 unspecified atom stereocenters. The number of esters is 1. The fourth-order valence-electron chi connectivity index (χ4n) is 4.40. The summed E-state index contributed by atoms with van der Waals surface area (Å²) in [5, 5.41) is 12.1. The molecule has 0 aliphatic rings. The molecule has 5 aromatic rings. The zero-order valence-corrected chi connectivity index (χ0v) is 26.4. The number of hydroxylamine groups is 1. The summed E-state index contributed by atoms with van der Waals surface area (Å²) >= 11 is 6.46. The van der Waals surface area contributed by atoms with Gasteiger partial charge in [0.15, 0.2) is 5.65 Å². The molecule has 0 spiro atoms. The minimum atomic E-state index is -0.934. The second kappa shape index (κ2) is 13.9. The number of ether oxygens (including phenoxy) is 2. The smallest absolute Gasteiger partial charge is 0.408 e. The third kappa shape index (κ3) is 8.11. The Morgan fingerprint density at radius 1 is 1.00 bits per heavy atom. The van der Waals surface area contributed by atoms with E-state index in [1.54, 1.807) is 49.8 Å².